The normalized spacial score (nSPS) is 22.0. The molecule has 0 aromatic heterocycles. The molecular formula is C14H23N5O3. The van der Waals surface area contributed by atoms with Crippen LogP contribution in [0.1, 0.15) is 12.8 Å². The highest BCUT2D eigenvalue weighted by atomic mass is 16.6. The summed E-state index contributed by atoms with van der Waals surface area (Å²) in [6.07, 6.45) is 3.44. The molecule has 1 N–H and O–H groups in total. The number of nitrogens with one attached hydrogen (secondary N) is 1. The van der Waals surface area contributed by atoms with Crippen molar-refractivity contribution in [2.45, 2.75) is 18.9 Å². The van der Waals surface area contributed by atoms with Crippen LogP contribution in [0.4, 0.5) is 4.79 Å². The maximum Gasteiger partial charge on any atom is 0.410 e. The summed E-state index contributed by atoms with van der Waals surface area (Å²) < 4.78 is 5.14. The Morgan fingerprint density at radius 2 is 2.09 bits per heavy atom. The van der Waals surface area contributed by atoms with Gasteiger partial charge in [-0.3, -0.25) is 4.79 Å². The number of fused-ring (bicyclic) bond motifs is 1. The minimum atomic E-state index is -0.381. The Bertz CT molecular complexity index is 487. The molecule has 3 heterocycles. The zero-order valence-corrected chi connectivity index (χ0v) is 13.1. The maximum absolute atomic E-state index is 12.5. The SMILES string of the molecule is CN(C)C(=O)OCN1C=C2C(=O)N(C3CCNCC3)CN2C1. The molecule has 0 saturated carbocycles. The van der Waals surface area contributed by atoms with Crippen LogP contribution in [0, 0.1) is 0 Å². The Morgan fingerprint density at radius 1 is 1.36 bits per heavy atom. The molecule has 0 radical (unpaired) electrons. The Labute approximate surface area is 130 Å². The fourth-order valence-corrected chi connectivity index (χ4v) is 3.04. The molecular weight excluding hydrogens is 286 g/mol. The van der Waals surface area contributed by atoms with E-state index in [1.165, 1.54) is 4.90 Å². The van der Waals surface area contributed by atoms with Crippen LogP contribution in [-0.2, 0) is 9.53 Å². The molecule has 3 aliphatic heterocycles. The van der Waals surface area contributed by atoms with Crippen LogP contribution in [0.5, 0.6) is 0 Å². The molecule has 8 nitrogen and oxygen atoms in total. The van der Waals surface area contributed by atoms with Crippen molar-refractivity contribution in [2.24, 2.45) is 0 Å². The lowest BCUT2D eigenvalue weighted by Gasteiger charge is -2.31. The first kappa shape index (κ1) is 15.0. The van der Waals surface area contributed by atoms with Gasteiger partial charge >= 0.3 is 6.09 Å². The molecule has 2 fully saturated rings. The van der Waals surface area contributed by atoms with Crippen molar-refractivity contribution in [1.29, 1.82) is 0 Å². The van der Waals surface area contributed by atoms with Gasteiger partial charge in [-0.05, 0) is 25.9 Å². The smallest absolute Gasteiger partial charge is 0.410 e. The van der Waals surface area contributed by atoms with Crippen LogP contribution in [0.3, 0.4) is 0 Å². The summed E-state index contributed by atoms with van der Waals surface area (Å²) in [5.41, 5.74) is 0.708. The molecule has 122 valence electrons. The first-order valence-electron chi connectivity index (χ1n) is 7.63. The van der Waals surface area contributed by atoms with Gasteiger partial charge in [0.1, 0.15) is 5.70 Å². The minimum Gasteiger partial charge on any atom is -0.428 e. The van der Waals surface area contributed by atoms with Crippen molar-refractivity contribution in [2.75, 3.05) is 47.3 Å². The number of hydrogen-bond donors (Lipinski definition) is 1. The minimum absolute atomic E-state index is 0.0911. The molecule has 0 atom stereocenters. The van der Waals surface area contributed by atoms with Crippen molar-refractivity contribution < 1.29 is 14.3 Å². The molecule has 2 saturated heterocycles. The molecule has 0 bridgehead atoms. The summed E-state index contributed by atoms with van der Waals surface area (Å²) in [7, 11) is 3.28. The van der Waals surface area contributed by atoms with Crippen LogP contribution in [-0.4, -0.2) is 84.9 Å². The molecule has 8 heteroatoms. The van der Waals surface area contributed by atoms with Crippen LogP contribution >= 0.6 is 0 Å². The Hall–Kier alpha value is -1.96. The van der Waals surface area contributed by atoms with E-state index >= 15 is 0 Å². The highest BCUT2D eigenvalue weighted by Crippen LogP contribution is 2.28. The summed E-state index contributed by atoms with van der Waals surface area (Å²) in [5.74, 6) is 0.0911. The number of piperidine rings is 1. The van der Waals surface area contributed by atoms with E-state index < -0.39 is 0 Å². The van der Waals surface area contributed by atoms with Crippen molar-refractivity contribution in [3.05, 3.63) is 11.9 Å². The molecule has 0 spiro atoms. The van der Waals surface area contributed by atoms with Gasteiger partial charge in [-0.1, -0.05) is 0 Å². The van der Waals surface area contributed by atoms with Gasteiger partial charge in [0.05, 0.1) is 13.3 Å². The highest BCUT2D eigenvalue weighted by molar-refractivity contribution is 5.95. The monoisotopic (exact) mass is 309 g/mol. The van der Waals surface area contributed by atoms with E-state index in [2.05, 4.69) is 5.32 Å². The van der Waals surface area contributed by atoms with Crippen molar-refractivity contribution in [3.63, 3.8) is 0 Å². The van der Waals surface area contributed by atoms with E-state index in [1.807, 2.05) is 14.7 Å². The third-order valence-electron chi connectivity index (χ3n) is 4.27. The Kier molecular flexibility index (Phi) is 4.10. The van der Waals surface area contributed by atoms with Gasteiger partial charge < -0.3 is 29.7 Å². The van der Waals surface area contributed by atoms with Crippen LogP contribution < -0.4 is 5.32 Å². The van der Waals surface area contributed by atoms with E-state index in [0.717, 1.165) is 25.9 Å². The third kappa shape index (κ3) is 2.83. The third-order valence-corrected chi connectivity index (χ3v) is 4.27. The van der Waals surface area contributed by atoms with Gasteiger partial charge in [0, 0.05) is 26.3 Å². The fourth-order valence-electron chi connectivity index (χ4n) is 3.04. The number of hydrogen-bond acceptors (Lipinski definition) is 6. The summed E-state index contributed by atoms with van der Waals surface area (Å²) >= 11 is 0. The van der Waals surface area contributed by atoms with Gasteiger partial charge in [-0.2, -0.15) is 0 Å². The topological polar surface area (TPSA) is 68.4 Å². The second kappa shape index (κ2) is 6.04. The number of nitrogens with zero attached hydrogens (tertiary/aromatic N) is 4. The summed E-state index contributed by atoms with van der Waals surface area (Å²) in [5, 5.41) is 3.32. The maximum atomic E-state index is 12.5. The van der Waals surface area contributed by atoms with Crippen LogP contribution in [0.25, 0.3) is 0 Å². The lowest BCUT2D eigenvalue weighted by Crippen LogP contribution is -2.45. The quantitative estimate of drug-likeness (QED) is 0.766. The largest absolute Gasteiger partial charge is 0.428 e. The van der Waals surface area contributed by atoms with Gasteiger partial charge in [0.2, 0.25) is 0 Å². The molecule has 3 aliphatic rings. The van der Waals surface area contributed by atoms with Crippen molar-refractivity contribution in [3.8, 4) is 0 Å². The van der Waals surface area contributed by atoms with Gasteiger partial charge in [-0.25, -0.2) is 4.79 Å². The molecule has 3 rings (SSSR count). The number of rotatable bonds is 3. The lowest BCUT2D eigenvalue weighted by molar-refractivity contribution is -0.127. The van der Waals surface area contributed by atoms with E-state index in [9.17, 15) is 9.59 Å². The molecule has 0 unspecified atom stereocenters. The number of ether oxygens (including phenoxy) is 1. The lowest BCUT2D eigenvalue weighted by atomic mass is 10.1. The zero-order chi connectivity index (χ0) is 15.7. The average molecular weight is 309 g/mol. The number of carbonyl (C=O) groups is 2. The van der Waals surface area contributed by atoms with Crippen molar-refractivity contribution in [1.82, 2.24) is 24.9 Å². The predicted octanol–water partition coefficient (Wildman–Crippen LogP) is -0.390. The predicted molar refractivity (Wildman–Crippen MR) is 79.3 cm³/mol. The summed E-state index contributed by atoms with van der Waals surface area (Å²) in [6.45, 7) is 3.33. The number of carbonyl (C=O) groups excluding carboxylic acids is 2. The second-order valence-corrected chi connectivity index (χ2v) is 6.12. The highest BCUT2D eigenvalue weighted by Gasteiger charge is 2.40. The van der Waals surface area contributed by atoms with Gasteiger partial charge in [0.25, 0.3) is 5.91 Å². The summed E-state index contributed by atoms with van der Waals surface area (Å²) in [6, 6.07) is 0.334. The first-order chi connectivity index (χ1) is 10.6. The van der Waals surface area contributed by atoms with Crippen LogP contribution in [0.15, 0.2) is 11.9 Å². The van der Waals surface area contributed by atoms with E-state index in [4.69, 9.17) is 4.74 Å². The first-order valence-corrected chi connectivity index (χ1v) is 7.63. The Morgan fingerprint density at radius 3 is 2.73 bits per heavy atom. The summed E-state index contributed by atoms with van der Waals surface area (Å²) in [4.78, 5) is 31.2. The van der Waals surface area contributed by atoms with E-state index in [0.29, 0.717) is 25.1 Å². The Balaban J connectivity index is 1.57. The van der Waals surface area contributed by atoms with E-state index in [-0.39, 0.29) is 18.7 Å². The zero-order valence-electron chi connectivity index (χ0n) is 13.1. The van der Waals surface area contributed by atoms with Crippen molar-refractivity contribution >= 4 is 12.0 Å². The molecule has 22 heavy (non-hydrogen) atoms. The standard InChI is InChI=1S/C14H23N5O3/c1-16(2)14(21)22-10-17-7-12-13(20)19(9-18(12)8-17)11-3-5-15-6-4-11/h7,11,15H,3-6,8-10H2,1-2H3. The second-order valence-electron chi connectivity index (χ2n) is 6.12. The fraction of sp³-hybridized carbons (Fsp3) is 0.714. The molecule has 0 aromatic rings. The molecule has 2 amide bonds. The van der Waals surface area contributed by atoms with Gasteiger partial charge in [0.15, 0.2) is 6.73 Å². The number of amides is 2. The molecule has 0 aliphatic carbocycles. The van der Waals surface area contributed by atoms with E-state index in [1.54, 1.807) is 20.3 Å². The van der Waals surface area contributed by atoms with Crippen LogP contribution in [0.2, 0.25) is 0 Å². The van der Waals surface area contributed by atoms with Gasteiger partial charge in [-0.15, -0.1) is 0 Å². The average Bonchev–Trinajstić information content (AvgIpc) is 3.05. The molecule has 0 aromatic carbocycles.